The van der Waals surface area contributed by atoms with E-state index in [9.17, 15) is 9.90 Å². The molecule has 22 heavy (non-hydrogen) atoms. The SMILES string of the molecule is COc1ccc(-c2nc(C(=O)O)cc(N(C)C)n2)c(OC)c1. The standard InChI is InChI=1S/C15H17N3O4/c1-18(2)13-8-11(15(19)20)16-14(17-13)10-6-5-9(21-3)7-12(10)22-4/h5-8H,1-4H3,(H,19,20). The average molecular weight is 303 g/mol. The summed E-state index contributed by atoms with van der Waals surface area (Å²) in [5.74, 6) is 0.803. The molecule has 0 radical (unpaired) electrons. The van der Waals surface area contributed by atoms with Gasteiger partial charge in [0.05, 0.1) is 19.8 Å². The number of nitrogens with zero attached hydrogens (tertiary/aromatic N) is 3. The van der Waals surface area contributed by atoms with E-state index in [4.69, 9.17) is 9.47 Å². The Kier molecular flexibility index (Phi) is 4.45. The Morgan fingerprint density at radius 2 is 1.86 bits per heavy atom. The molecular formula is C15H17N3O4. The van der Waals surface area contributed by atoms with Gasteiger partial charge < -0.3 is 19.5 Å². The van der Waals surface area contributed by atoms with Crippen molar-refractivity contribution < 1.29 is 19.4 Å². The summed E-state index contributed by atoms with van der Waals surface area (Å²) in [5, 5.41) is 9.21. The first-order valence-corrected chi connectivity index (χ1v) is 6.48. The number of carboxylic acid groups (broad SMARTS) is 1. The summed E-state index contributed by atoms with van der Waals surface area (Å²) in [5.41, 5.74) is 0.515. The van der Waals surface area contributed by atoms with Crippen LogP contribution in [0.25, 0.3) is 11.4 Å². The fourth-order valence-corrected chi connectivity index (χ4v) is 1.88. The van der Waals surface area contributed by atoms with E-state index in [0.717, 1.165) is 0 Å². The molecule has 0 atom stereocenters. The molecule has 0 saturated heterocycles. The fourth-order valence-electron chi connectivity index (χ4n) is 1.88. The molecule has 0 amide bonds. The Bertz CT molecular complexity index is 701. The molecule has 0 aliphatic rings. The van der Waals surface area contributed by atoms with Crippen molar-refractivity contribution in [2.75, 3.05) is 33.2 Å². The van der Waals surface area contributed by atoms with Gasteiger partial charge in [-0.2, -0.15) is 0 Å². The number of hydrogen-bond donors (Lipinski definition) is 1. The van der Waals surface area contributed by atoms with Gasteiger partial charge in [-0.1, -0.05) is 0 Å². The van der Waals surface area contributed by atoms with Crippen molar-refractivity contribution in [1.29, 1.82) is 0 Å². The van der Waals surface area contributed by atoms with Gasteiger partial charge in [-0.15, -0.1) is 0 Å². The lowest BCUT2D eigenvalue weighted by Crippen LogP contribution is -2.14. The smallest absolute Gasteiger partial charge is 0.354 e. The first kappa shape index (κ1) is 15.6. The third-order valence-electron chi connectivity index (χ3n) is 3.04. The van der Waals surface area contributed by atoms with Crippen LogP contribution in [0.2, 0.25) is 0 Å². The van der Waals surface area contributed by atoms with E-state index in [1.54, 1.807) is 44.3 Å². The molecule has 1 N–H and O–H groups in total. The van der Waals surface area contributed by atoms with Crippen LogP contribution < -0.4 is 14.4 Å². The molecular weight excluding hydrogens is 286 g/mol. The fraction of sp³-hybridized carbons (Fsp3) is 0.267. The largest absolute Gasteiger partial charge is 0.497 e. The number of rotatable bonds is 5. The van der Waals surface area contributed by atoms with Crippen LogP contribution in [0, 0.1) is 0 Å². The molecule has 0 aliphatic carbocycles. The molecule has 0 aliphatic heterocycles. The van der Waals surface area contributed by atoms with Crippen LogP contribution in [-0.2, 0) is 0 Å². The van der Waals surface area contributed by atoms with Crippen molar-refractivity contribution >= 4 is 11.8 Å². The minimum absolute atomic E-state index is 0.0772. The van der Waals surface area contributed by atoms with Gasteiger partial charge in [-0.05, 0) is 12.1 Å². The number of ether oxygens (including phenoxy) is 2. The van der Waals surface area contributed by atoms with E-state index in [1.165, 1.54) is 13.2 Å². The Balaban J connectivity index is 2.63. The number of aromatic nitrogens is 2. The van der Waals surface area contributed by atoms with Crippen molar-refractivity contribution in [3.05, 3.63) is 30.0 Å². The van der Waals surface area contributed by atoms with E-state index < -0.39 is 5.97 Å². The van der Waals surface area contributed by atoms with Crippen LogP contribution in [0.15, 0.2) is 24.3 Å². The summed E-state index contributed by atoms with van der Waals surface area (Å²) in [7, 11) is 6.64. The van der Waals surface area contributed by atoms with Crippen LogP contribution in [0.3, 0.4) is 0 Å². The van der Waals surface area contributed by atoms with Gasteiger partial charge in [0, 0.05) is 26.2 Å². The molecule has 1 aromatic carbocycles. The molecule has 0 bridgehead atoms. The normalized spacial score (nSPS) is 10.2. The van der Waals surface area contributed by atoms with Gasteiger partial charge in [0.1, 0.15) is 17.3 Å². The Morgan fingerprint density at radius 3 is 2.41 bits per heavy atom. The van der Waals surface area contributed by atoms with Gasteiger partial charge in [-0.25, -0.2) is 14.8 Å². The molecule has 1 aromatic heterocycles. The lowest BCUT2D eigenvalue weighted by Gasteiger charge is -2.14. The molecule has 1 heterocycles. The maximum Gasteiger partial charge on any atom is 0.354 e. The second kappa shape index (κ2) is 6.30. The van der Waals surface area contributed by atoms with Gasteiger partial charge in [0.2, 0.25) is 0 Å². The highest BCUT2D eigenvalue weighted by atomic mass is 16.5. The van der Waals surface area contributed by atoms with E-state index in [2.05, 4.69) is 9.97 Å². The second-order valence-electron chi connectivity index (χ2n) is 4.70. The maximum absolute atomic E-state index is 11.3. The number of carbonyl (C=O) groups is 1. The van der Waals surface area contributed by atoms with Gasteiger partial charge in [-0.3, -0.25) is 0 Å². The van der Waals surface area contributed by atoms with Crippen LogP contribution in [0.5, 0.6) is 11.5 Å². The van der Waals surface area contributed by atoms with Crippen molar-refractivity contribution in [2.24, 2.45) is 0 Å². The topological polar surface area (TPSA) is 84.8 Å². The number of carboxylic acids is 1. The van der Waals surface area contributed by atoms with Crippen LogP contribution in [0.4, 0.5) is 5.82 Å². The zero-order valence-corrected chi connectivity index (χ0v) is 12.8. The molecule has 2 rings (SSSR count). The zero-order valence-electron chi connectivity index (χ0n) is 12.8. The molecule has 0 saturated carbocycles. The van der Waals surface area contributed by atoms with E-state index in [0.29, 0.717) is 22.9 Å². The third-order valence-corrected chi connectivity index (χ3v) is 3.04. The molecule has 116 valence electrons. The van der Waals surface area contributed by atoms with E-state index in [-0.39, 0.29) is 11.5 Å². The minimum Gasteiger partial charge on any atom is -0.497 e. The van der Waals surface area contributed by atoms with Crippen molar-refractivity contribution in [2.45, 2.75) is 0 Å². The summed E-state index contributed by atoms with van der Waals surface area (Å²) in [6.07, 6.45) is 0. The number of anilines is 1. The summed E-state index contributed by atoms with van der Waals surface area (Å²) < 4.78 is 10.5. The van der Waals surface area contributed by atoms with Crippen molar-refractivity contribution in [3.8, 4) is 22.9 Å². The lowest BCUT2D eigenvalue weighted by molar-refractivity contribution is 0.0690. The minimum atomic E-state index is -1.11. The lowest BCUT2D eigenvalue weighted by atomic mass is 10.1. The molecule has 2 aromatic rings. The Hall–Kier alpha value is -2.83. The van der Waals surface area contributed by atoms with Crippen molar-refractivity contribution in [1.82, 2.24) is 9.97 Å². The number of benzene rings is 1. The van der Waals surface area contributed by atoms with Crippen LogP contribution in [0.1, 0.15) is 10.5 Å². The van der Waals surface area contributed by atoms with Gasteiger partial charge in [0.15, 0.2) is 11.5 Å². The highest BCUT2D eigenvalue weighted by Crippen LogP contribution is 2.32. The quantitative estimate of drug-likeness (QED) is 0.903. The van der Waals surface area contributed by atoms with Gasteiger partial charge >= 0.3 is 5.97 Å². The van der Waals surface area contributed by atoms with Crippen LogP contribution in [-0.4, -0.2) is 49.4 Å². The predicted octanol–water partition coefficient (Wildman–Crippen LogP) is 1.92. The summed E-state index contributed by atoms with van der Waals surface area (Å²) in [4.78, 5) is 21.4. The number of aromatic carboxylic acids is 1. The van der Waals surface area contributed by atoms with Gasteiger partial charge in [0.25, 0.3) is 0 Å². The maximum atomic E-state index is 11.3. The van der Waals surface area contributed by atoms with Crippen LogP contribution >= 0.6 is 0 Å². The third kappa shape index (κ3) is 3.08. The first-order chi connectivity index (χ1) is 10.5. The number of methoxy groups -OCH3 is 2. The zero-order chi connectivity index (χ0) is 16.3. The summed E-state index contributed by atoms with van der Waals surface area (Å²) in [6.45, 7) is 0. The highest BCUT2D eigenvalue weighted by molar-refractivity contribution is 5.87. The Morgan fingerprint density at radius 1 is 1.14 bits per heavy atom. The number of hydrogen-bond acceptors (Lipinski definition) is 6. The first-order valence-electron chi connectivity index (χ1n) is 6.48. The molecule has 0 fully saturated rings. The highest BCUT2D eigenvalue weighted by Gasteiger charge is 2.16. The molecule has 0 spiro atoms. The summed E-state index contributed by atoms with van der Waals surface area (Å²) >= 11 is 0. The van der Waals surface area contributed by atoms with E-state index >= 15 is 0 Å². The molecule has 0 unspecified atom stereocenters. The Labute approximate surface area is 128 Å². The van der Waals surface area contributed by atoms with E-state index in [1.807, 2.05) is 0 Å². The summed E-state index contributed by atoms with van der Waals surface area (Å²) in [6, 6.07) is 6.59. The average Bonchev–Trinajstić information content (AvgIpc) is 2.53. The van der Waals surface area contributed by atoms with Crippen molar-refractivity contribution in [3.63, 3.8) is 0 Å². The molecule has 7 heteroatoms. The second-order valence-corrected chi connectivity index (χ2v) is 4.70. The molecule has 7 nitrogen and oxygen atoms in total. The predicted molar refractivity (Wildman–Crippen MR) is 81.9 cm³/mol. The monoisotopic (exact) mass is 303 g/mol.